The number of hydrogen-bond acceptors (Lipinski definition) is 4. The van der Waals surface area contributed by atoms with Crippen molar-refractivity contribution in [2.24, 2.45) is 0 Å². The summed E-state index contributed by atoms with van der Waals surface area (Å²) in [5, 5.41) is 2.81. The van der Waals surface area contributed by atoms with Crippen LogP contribution in [0, 0.1) is 38.5 Å². The molecule has 0 aliphatic rings. The van der Waals surface area contributed by atoms with E-state index in [1.54, 1.807) is 0 Å². The molecule has 0 heterocycles. The number of quaternary nitrogens is 1. The third-order valence-corrected chi connectivity index (χ3v) is 6.31. The van der Waals surface area contributed by atoms with Gasteiger partial charge in [0.1, 0.15) is 12.6 Å². The number of nitrogens with zero attached hydrogens (tertiary/aromatic N) is 1. The zero-order valence-electron chi connectivity index (χ0n) is 25.2. The Bertz CT molecular complexity index is 688. The second-order valence-corrected chi connectivity index (χ2v) is 11.1. The average molecular weight is 779 g/mol. The Morgan fingerprint density at radius 3 is 1.89 bits per heavy atom. The van der Waals surface area contributed by atoms with E-state index < -0.39 is 8.25 Å². The molecule has 0 rings (SSSR count). The van der Waals surface area contributed by atoms with E-state index >= 15 is 0 Å². The molecule has 0 aromatic carbocycles. The maximum atomic E-state index is 12.0. The van der Waals surface area contributed by atoms with Crippen LogP contribution in [0.2, 0.25) is 0 Å². The summed E-state index contributed by atoms with van der Waals surface area (Å²) in [7, 11) is 3.67. The van der Waals surface area contributed by atoms with Crippen LogP contribution in [0.5, 0.6) is 0 Å². The van der Waals surface area contributed by atoms with Gasteiger partial charge in [-0.05, 0) is 51.4 Å². The molecule has 0 saturated heterocycles. The van der Waals surface area contributed by atoms with Gasteiger partial charge in [0.05, 0.1) is 27.7 Å². The van der Waals surface area contributed by atoms with E-state index in [1.807, 2.05) is 6.92 Å². The summed E-state index contributed by atoms with van der Waals surface area (Å²) >= 11 is 0. The molecule has 1 amide bonds. The van der Waals surface area contributed by atoms with Crippen LogP contribution in [0.15, 0.2) is 48.6 Å². The van der Waals surface area contributed by atoms with Gasteiger partial charge in [-0.3, -0.25) is 9.36 Å². The van der Waals surface area contributed by atoms with Crippen LogP contribution in [-0.4, -0.2) is 57.3 Å². The van der Waals surface area contributed by atoms with E-state index in [-0.39, 0.29) is 57.2 Å². The van der Waals surface area contributed by atoms with Crippen LogP contribution >= 0.6 is 8.25 Å². The van der Waals surface area contributed by atoms with Crippen LogP contribution in [-0.2, 0) is 18.4 Å². The summed E-state index contributed by atoms with van der Waals surface area (Å²) in [4.78, 5) is 11.9. The minimum absolute atomic E-state index is 0. The minimum Gasteiger partial charge on any atom is -0.358 e. The average Bonchev–Trinajstić information content (AvgIpc) is 2.82. The Hall–Kier alpha value is -0.408. The fourth-order valence-electron chi connectivity index (χ4n) is 3.39. The van der Waals surface area contributed by atoms with Gasteiger partial charge in [0.25, 0.3) is 0 Å². The molecule has 0 aliphatic heterocycles. The van der Waals surface area contributed by atoms with Crippen molar-refractivity contribution in [3.05, 3.63) is 56.0 Å². The van der Waals surface area contributed by atoms with E-state index in [0.717, 1.165) is 49.6 Å². The Labute approximate surface area is 259 Å². The zero-order chi connectivity index (χ0) is 26.9. The molecular formula is C30H57N2O4PU. The van der Waals surface area contributed by atoms with Crippen molar-refractivity contribution in [3.63, 3.8) is 0 Å². The molecule has 0 aromatic heterocycles. The first-order chi connectivity index (χ1) is 17.3. The standard InChI is InChI=1S/C29H53N2O4P.CH3.U/c1-6-8-9-10-11-12-13-14-15-16-17-18-19-20-21-22-23-24-29(32)30-25-26-34-36(33)35-28(7-2)27-31(3,4)5;;/h11-12,14-15,17-18,20-21,28,36H,6-10,13,16,19,22-27H2,1-5H3;1H3;/q;-1;/p+1/b12-11-,15-14-,18-17-,21-20-;;. The molecule has 0 aliphatic carbocycles. The van der Waals surface area contributed by atoms with Crippen LogP contribution in [0.3, 0.4) is 0 Å². The van der Waals surface area contributed by atoms with Crippen molar-refractivity contribution in [2.75, 3.05) is 40.8 Å². The SMILES string of the molecule is CCCCC/C=C\C/C=C\C/C=C\C/C=C\CCCC(=O)NCCO[PH](=O)OC(CC)C[N+](C)(C)C.[CH3-].[U]. The number of carbonyl (C=O) groups excluding carboxylic acids is 1. The third kappa shape index (κ3) is 31.8. The normalized spacial score (nSPS) is 13.7. The third-order valence-electron chi connectivity index (χ3n) is 5.35. The molecule has 0 aromatic rings. The van der Waals surface area contributed by atoms with Crippen molar-refractivity contribution < 1.29 is 54.0 Å². The van der Waals surface area contributed by atoms with Gasteiger partial charge >= 0.3 is 8.25 Å². The molecule has 0 fully saturated rings. The summed E-state index contributed by atoms with van der Waals surface area (Å²) in [5.74, 6) is -0.00783. The first kappa shape index (κ1) is 42.1. The van der Waals surface area contributed by atoms with Gasteiger partial charge in [-0.25, -0.2) is 0 Å². The van der Waals surface area contributed by atoms with Crippen LogP contribution in [0.1, 0.15) is 84.5 Å². The van der Waals surface area contributed by atoms with Crippen molar-refractivity contribution in [1.82, 2.24) is 5.32 Å². The summed E-state index contributed by atoms with van der Waals surface area (Å²) in [6, 6.07) is 0. The van der Waals surface area contributed by atoms with Crippen molar-refractivity contribution >= 4 is 14.2 Å². The summed E-state index contributed by atoms with van der Waals surface area (Å²) in [5.41, 5.74) is 0. The van der Waals surface area contributed by atoms with E-state index in [1.165, 1.54) is 25.7 Å². The second-order valence-electron chi connectivity index (χ2n) is 10.1. The molecule has 0 radical (unpaired) electrons. The fraction of sp³-hybridized carbons (Fsp3) is 0.667. The van der Waals surface area contributed by atoms with E-state index in [0.29, 0.717) is 13.0 Å². The molecule has 2 atom stereocenters. The van der Waals surface area contributed by atoms with Gasteiger partial charge in [0, 0.05) is 44.1 Å². The van der Waals surface area contributed by atoms with Crippen LogP contribution in [0.4, 0.5) is 0 Å². The molecular weight excluding hydrogens is 721 g/mol. The van der Waals surface area contributed by atoms with Gasteiger partial charge in [0.15, 0.2) is 0 Å². The van der Waals surface area contributed by atoms with Crippen LogP contribution in [0.25, 0.3) is 0 Å². The minimum atomic E-state index is -2.55. The molecule has 0 bridgehead atoms. The molecule has 2 unspecified atom stereocenters. The zero-order valence-corrected chi connectivity index (χ0v) is 30.3. The largest absolute Gasteiger partial charge is 0.358 e. The topological polar surface area (TPSA) is 64.6 Å². The van der Waals surface area contributed by atoms with Crippen molar-refractivity contribution in [2.45, 2.75) is 90.6 Å². The van der Waals surface area contributed by atoms with Crippen LogP contribution < -0.4 is 5.32 Å². The first-order valence-electron chi connectivity index (χ1n) is 13.8. The Kier molecular flexibility index (Phi) is 32.7. The molecule has 38 heavy (non-hydrogen) atoms. The van der Waals surface area contributed by atoms with Gasteiger partial charge in [-0.1, -0.05) is 75.3 Å². The summed E-state index contributed by atoms with van der Waals surface area (Å²) in [6.07, 6.45) is 28.5. The Balaban J connectivity index is -0.00000612. The predicted octanol–water partition coefficient (Wildman–Crippen LogP) is 7.61. The van der Waals surface area contributed by atoms with Crippen molar-refractivity contribution in [3.8, 4) is 0 Å². The fourth-order valence-corrected chi connectivity index (χ4v) is 4.24. The van der Waals surface area contributed by atoms with Gasteiger partial charge in [0.2, 0.25) is 5.91 Å². The van der Waals surface area contributed by atoms with E-state index in [9.17, 15) is 9.36 Å². The number of likely N-dealkylation sites (N-methyl/N-ethyl adjacent to an activating group) is 1. The number of hydrogen-bond donors (Lipinski definition) is 1. The Morgan fingerprint density at radius 2 is 1.39 bits per heavy atom. The van der Waals surface area contributed by atoms with Gasteiger partial charge in [-0.2, -0.15) is 0 Å². The maximum Gasteiger partial charge on any atom is 0.319 e. The monoisotopic (exact) mass is 778 g/mol. The number of carbonyl (C=O) groups is 1. The second kappa shape index (κ2) is 29.6. The first-order valence-corrected chi connectivity index (χ1v) is 15.0. The van der Waals surface area contributed by atoms with Crippen molar-refractivity contribution in [1.29, 1.82) is 0 Å². The molecule has 6 nitrogen and oxygen atoms in total. The molecule has 1 N–H and O–H groups in total. The van der Waals surface area contributed by atoms with E-state index in [2.05, 4.69) is 82.0 Å². The predicted molar refractivity (Wildman–Crippen MR) is 161 cm³/mol. The maximum absolute atomic E-state index is 12.0. The Morgan fingerprint density at radius 1 is 0.868 bits per heavy atom. The summed E-state index contributed by atoms with van der Waals surface area (Å²) in [6.45, 7) is 5.55. The number of rotatable bonds is 23. The molecule has 0 saturated carbocycles. The van der Waals surface area contributed by atoms with E-state index in [4.69, 9.17) is 9.05 Å². The summed E-state index contributed by atoms with van der Waals surface area (Å²) < 4.78 is 23.5. The number of unbranched alkanes of at least 4 members (excludes halogenated alkanes) is 4. The van der Waals surface area contributed by atoms with Gasteiger partial charge < -0.3 is 26.3 Å². The quantitative estimate of drug-likeness (QED) is 0.0382. The number of nitrogens with one attached hydrogen (secondary N) is 1. The number of amides is 1. The van der Waals surface area contributed by atoms with Gasteiger partial charge in [-0.15, -0.1) is 0 Å². The molecule has 0 spiro atoms. The molecule has 220 valence electrons. The molecule has 8 heteroatoms. The number of allylic oxidation sites excluding steroid dienone is 8. The smallest absolute Gasteiger partial charge is 0.319 e.